The Morgan fingerprint density at radius 1 is 0.217 bits per heavy atom. The Balaban J connectivity index is 1.06. The maximum atomic E-state index is 2.40. The van der Waals surface area contributed by atoms with Crippen molar-refractivity contribution in [3.8, 4) is 44.5 Å². The highest BCUT2D eigenvalue weighted by Crippen LogP contribution is 2.50. The molecule has 0 unspecified atom stereocenters. The Morgan fingerprint density at radius 2 is 0.848 bits per heavy atom. The molecular weight excluding hydrogens is 553 g/mol. The molecule has 11 rings (SSSR count). The van der Waals surface area contributed by atoms with Gasteiger partial charge in [0.15, 0.2) is 0 Å². The minimum Gasteiger partial charge on any atom is -0.0616 e. The first kappa shape index (κ1) is 24.4. The van der Waals surface area contributed by atoms with E-state index < -0.39 is 0 Å². The average Bonchev–Trinajstić information content (AvgIpc) is 3.43. The van der Waals surface area contributed by atoms with Gasteiger partial charge >= 0.3 is 0 Å². The van der Waals surface area contributed by atoms with E-state index in [-0.39, 0.29) is 0 Å². The maximum absolute atomic E-state index is 2.40. The summed E-state index contributed by atoms with van der Waals surface area (Å²) in [5.74, 6) is 0. The molecule has 0 heteroatoms. The lowest BCUT2D eigenvalue weighted by molar-refractivity contribution is 1.64. The molecule has 10 aromatic rings. The fraction of sp³-hybridized carbons (Fsp3) is 0. The molecule has 0 atom stereocenters. The second-order valence-corrected chi connectivity index (χ2v) is 12.9. The van der Waals surface area contributed by atoms with Crippen LogP contribution in [0.15, 0.2) is 158 Å². The van der Waals surface area contributed by atoms with Crippen molar-refractivity contribution >= 4 is 64.6 Å². The summed E-state index contributed by atoms with van der Waals surface area (Å²) in [7, 11) is 0. The molecule has 1 aliphatic carbocycles. The Hall–Kier alpha value is -5.98. The van der Waals surface area contributed by atoms with Crippen LogP contribution in [0.5, 0.6) is 0 Å². The number of hydrogen-bond acceptors (Lipinski definition) is 0. The highest BCUT2D eigenvalue weighted by molar-refractivity contribution is 6.26. The zero-order valence-electron chi connectivity index (χ0n) is 25.0. The van der Waals surface area contributed by atoms with E-state index in [1.165, 1.54) is 109 Å². The third-order valence-corrected chi connectivity index (χ3v) is 10.5. The van der Waals surface area contributed by atoms with Gasteiger partial charge in [0, 0.05) is 0 Å². The summed E-state index contributed by atoms with van der Waals surface area (Å²) in [6, 6.07) is 59.1. The van der Waals surface area contributed by atoms with Gasteiger partial charge in [0.05, 0.1) is 0 Å². The van der Waals surface area contributed by atoms with Gasteiger partial charge in [0.1, 0.15) is 0 Å². The predicted molar refractivity (Wildman–Crippen MR) is 198 cm³/mol. The normalized spacial score (nSPS) is 12.3. The van der Waals surface area contributed by atoms with Gasteiger partial charge in [-0.05, 0) is 133 Å². The van der Waals surface area contributed by atoms with Crippen molar-refractivity contribution in [1.29, 1.82) is 0 Å². The molecule has 46 heavy (non-hydrogen) atoms. The van der Waals surface area contributed by atoms with Crippen LogP contribution in [0.3, 0.4) is 0 Å². The topological polar surface area (TPSA) is 0 Å². The Bertz CT molecular complexity index is 2890. The fourth-order valence-electron chi connectivity index (χ4n) is 8.36. The SMILES string of the molecule is c1ccc2c(c1)cc1c3c(cccc32)-c2cc(-c3ccc4ccc(-c5ccc6ccc7cccc8ccc5c6c78)cc4c3)ccc2-1. The third kappa shape index (κ3) is 3.23. The van der Waals surface area contributed by atoms with Crippen molar-refractivity contribution in [1.82, 2.24) is 0 Å². The lowest BCUT2D eigenvalue weighted by atomic mass is 9.89. The van der Waals surface area contributed by atoms with E-state index in [4.69, 9.17) is 0 Å². The molecule has 0 saturated carbocycles. The first-order chi connectivity index (χ1) is 22.8. The third-order valence-electron chi connectivity index (χ3n) is 10.5. The van der Waals surface area contributed by atoms with Gasteiger partial charge in [-0.15, -0.1) is 0 Å². The van der Waals surface area contributed by atoms with Crippen LogP contribution in [0, 0.1) is 0 Å². The number of rotatable bonds is 2. The van der Waals surface area contributed by atoms with Crippen LogP contribution in [-0.2, 0) is 0 Å². The van der Waals surface area contributed by atoms with Crippen molar-refractivity contribution in [3.63, 3.8) is 0 Å². The second kappa shape index (κ2) is 8.81. The van der Waals surface area contributed by atoms with E-state index in [9.17, 15) is 0 Å². The van der Waals surface area contributed by atoms with E-state index >= 15 is 0 Å². The van der Waals surface area contributed by atoms with Crippen LogP contribution in [0.1, 0.15) is 0 Å². The fourth-order valence-corrected chi connectivity index (χ4v) is 8.36. The van der Waals surface area contributed by atoms with Gasteiger partial charge in [-0.25, -0.2) is 0 Å². The average molecular weight is 579 g/mol. The van der Waals surface area contributed by atoms with Crippen molar-refractivity contribution in [2.24, 2.45) is 0 Å². The molecule has 0 aromatic heterocycles. The largest absolute Gasteiger partial charge is 0.0616 e. The summed E-state index contributed by atoms with van der Waals surface area (Å²) in [5.41, 5.74) is 10.4. The number of benzene rings is 10. The van der Waals surface area contributed by atoms with Gasteiger partial charge in [0.25, 0.3) is 0 Å². The van der Waals surface area contributed by atoms with Crippen molar-refractivity contribution in [2.45, 2.75) is 0 Å². The Labute approximate surface area is 266 Å². The van der Waals surface area contributed by atoms with Crippen LogP contribution in [0.4, 0.5) is 0 Å². The van der Waals surface area contributed by atoms with E-state index in [0.717, 1.165) is 0 Å². The van der Waals surface area contributed by atoms with Crippen LogP contribution >= 0.6 is 0 Å². The summed E-state index contributed by atoms with van der Waals surface area (Å²) in [6.45, 7) is 0. The van der Waals surface area contributed by atoms with E-state index in [2.05, 4.69) is 158 Å². The zero-order valence-corrected chi connectivity index (χ0v) is 25.0. The quantitative estimate of drug-likeness (QED) is 0.179. The van der Waals surface area contributed by atoms with Crippen LogP contribution in [0.25, 0.3) is 109 Å². The minimum absolute atomic E-state index is 1.25. The molecule has 210 valence electrons. The van der Waals surface area contributed by atoms with Crippen LogP contribution in [0.2, 0.25) is 0 Å². The van der Waals surface area contributed by atoms with E-state index in [1.807, 2.05) is 0 Å². The Kier molecular flexibility index (Phi) is 4.66. The van der Waals surface area contributed by atoms with E-state index in [1.54, 1.807) is 0 Å². The molecule has 0 aliphatic heterocycles. The standard InChI is InChI=1S/C46H26/c1-2-8-36-33(5-1)26-43-38-21-19-32(25-42(38)40-10-4-9-39(36)46(40)43)31-15-11-27-12-16-34(24-35(27)23-31)37-20-17-30-14-13-28-6-3-7-29-18-22-41(37)45(30)44(28)29/h1-26H. The van der Waals surface area contributed by atoms with Gasteiger partial charge in [-0.1, -0.05) is 133 Å². The summed E-state index contributed by atoms with van der Waals surface area (Å²) in [4.78, 5) is 0. The predicted octanol–water partition coefficient (Wildman–Crippen LogP) is 13.0. The van der Waals surface area contributed by atoms with Gasteiger partial charge in [0.2, 0.25) is 0 Å². The molecule has 0 heterocycles. The highest BCUT2D eigenvalue weighted by atomic mass is 14.3. The molecule has 10 aromatic carbocycles. The monoisotopic (exact) mass is 578 g/mol. The molecule has 0 spiro atoms. The van der Waals surface area contributed by atoms with Gasteiger partial charge in [-0.3, -0.25) is 0 Å². The molecule has 1 aliphatic rings. The van der Waals surface area contributed by atoms with Gasteiger partial charge < -0.3 is 0 Å². The maximum Gasteiger partial charge on any atom is -0.00199 e. The highest BCUT2D eigenvalue weighted by Gasteiger charge is 2.23. The first-order valence-electron chi connectivity index (χ1n) is 16.1. The number of hydrogen-bond donors (Lipinski definition) is 0. The number of fused-ring (bicyclic) bond motifs is 6. The van der Waals surface area contributed by atoms with Crippen molar-refractivity contribution in [3.05, 3.63) is 158 Å². The molecule has 0 bridgehead atoms. The summed E-state index contributed by atoms with van der Waals surface area (Å²) >= 11 is 0. The lowest BCUT2D eigenvalue weighted by Crippen LogP contribution is -1.87. The first-order valence-corrected chi connectivity index (χ1v) is 16.1. The van der Waals surface area contributed by atoms with Crippen LogP contribution < -0.4 is 0 Å². The molecule has 0 nitrogen and oxygen atoms in total. The minimum atomic E-state index is 1.25. The summed E-state index contributed by atoms with van der Waals surface area (Å²) in [6.07, 6.45) is 0. The Morgan fingerprint density at radius 3 is 1.76 bits per heavy atom. The smallest absolute Gasteiger partial charge is 0.00199 e. The molecule has 0 N–H and O–H groups in total. The summed E-state index contributed by atoms with van der Waals surface area (Å²) in [5, 5.41) is 15.8. The lowest BCUT2D eigenvalue weighted by Gasteiger charge is -2.15. The van der Waals surface area contributed by atoms with Crippen molar-refractivity contribution in [2.75, 3.05) is 0 Å². The molecule has 0 radical (unpaired) electrons. The summed E-state index contributed by atoms with van der Waals surface area (Å²) < 4.78 is 0. The molecule has 0 saturated heterocycles. The zero-order chi connectivity index (χ0) is 29.9. The van der Waals surface area contributed by atoms with Crippen molar-refractivity contribution < 1.29 is 0 Å². The second-order valence-electron chi connectivity index (χ2n) is 12.9. The molecule has 0 fully saturated rings. The van der Waals surface area contributed by atoms with Gasteiger partial charge in [-0.2, -0.15) is 0 Å². The molecular formula is C46H26. The van der Waals surface area contributed by atoms with Crippen LogP contribution in [-0.4, -0.2) is 0 Å². The molecule has 0 amide bonds. The van der Waals surface area contributed by atoms with E-state index in [0.29, 0.717) is 0 Å².